The minimum atomic E-state index is 0.931. The second-order valence-electron chi connectivity index (χ2n) is 3.20. The smallest absolute Gasteiger partial charge is 0.0462 e. The van der Waals surface area contributed by atoms with Gasteiger partial charge in [0.15, 0.2) is 0 Å². The van der Waals surface area contributed by atoms with Crippen molar-refractivity contribution in [3.63, 3.8) is 0 Å². The van der Waals surface area contributed by atoms with Crippen molar-refractivity contribution < 1.29 is 4.74 Å². The van der Waals surface area contributed by atoms with Gasteiger partial charge in [0.05, 0.1) is 0 Å². The molecule has 1 heteroatoms. The third-order valence-electron chi connectivity index (χ3n) is 2.24. The van der Waals surface area contributed by atoms with Crippen LogP contribution in [-0.4, -0.2) is 13.7 Å². The highest BCUT2D eigenvalue weighted by Crippen LogP contribution is 2.16. The molecule has 0 saturated carbocycles. The van der Waals surface area contributed by atoms with E-state index in [0.717, 1.165) is 12.5 Å². The monoisotopic (exact) mass is 158 g/mol. The van der Waals surface area contributed by atoms with Gasteiger partial charge >= 0.3 is 0 Å². The Morgan fingerprint density at radius 1 is 1.18 bits per heavy atom. The Balaban J connectivity index is 3.20. The molecular weight excluding hydrogens is 136 g/mol. The molecule has 0 spiro atoms. The minimum absolute atomic E-state index is 0.931. The average Bonchev–Trinajstić information content (AvgIpc) is 2.03. The van der Waals surface area contributed by atoms with Crippen LogP contribution < -0.4 is 0 Å². The van der Waals surface area contributed by atoms with Crippen LogP contribution in [0.5, 0.6) is 0 Å². The van der Waals surface area contributed by atoms with E-state index in [-0.39, 0.29) is 0 Å². The summed E-state index contributed by atoms with van der Waals surface area (Å²) in [6.07, 6.45) is 6.62. The van der Waals surface area contributed by atoms with Crippen molar-refractivity contribution in [3.8, 4) is 0 Å². The summed E-state index contributed by atoms with van der Waals surface area (Å²) in [6.45, 7) is 5.48. The lowest BCUT2D eigenvalue weighted by molar-refractivity contribution is 0.185. The number of ether oxygens (including phenoxy) is 1. The fourth-order valence-electron chi connectivity index (χ4n) is 1.48. The molecule has 1 nitrogen and oxygen atoms in total. The van der Waals surface area contributed by atoms with Crippen molar-refractivity contribution in [2.75, 3.05) is 13.7 Å². The van der Waals surface area contributed by atoms with Crippen LogP contribution in [0, 0.1) is 5.92 Å². The van der Waals surface area contributed by atoms with Gasteiger partial charge in [0.2, 0.25) is 0 Å². The van der Waals surface area contributed by atoms with Crippen LogP contribution in [-0.2, 0) is 4.74 Å². The van der Waals surface area contributed by atoms with Gasteiger partial charge in [-0.15, -0.1) is 0 Å². The summed E-state index contributed by atoms with van der Waals surface area (Å²) in [5, 5.41) is 0. The largest absolute Gasteiger partial charge is 0.385 e. The van der Waals surface area contributed by atoms with E-state index >= 15 is 0 Å². The Bertz CT molecular complexity index is 71.3. The summed E-state index contributed by atoms with van der Waals surface area (Å²) in [4.78, 5) is 0. The second kappa shape index (κ2) is 8.06. The predicted octanol–water partition coefficient (Wildman–Crippen LogP) is 3.24. The van der Waals surface area contributed by atoms with Crippen LogP contribution in [0.3, 0.4) is 0 Å². The van der Waals surface area contributed by atoms with Gasteiger partial charge in [0, 0.05) is 13.7 Å². The lowest BCUT2D eigenvalue weighted by Gasteiger charge is -2.12. The molecule has 0 aliphatic heterocycles. The predicted molar refractivity (Wildman–Crippen MR) is 49.8 cm³/mol. The maximum Gasteiger partial charge on any atom is 0.0462 e. The van der Waals surface area contributed by atoms with E-state index in [1.165, 1.54) is 32.1 Å². The molecule has 1 atom stereocenters. The quantitative estimate of drug-likeness (QED) is 0.517. The molecule has 0 aromatic heterocycles. The van der Waals surface area contributed by atoms with Gasteiger partial charge in [0.1, 0.15) is 0 Å². The van der Waals surface area contributed by atoms with Gasteiger partial charge in [-0.1, -0.05) is 33.1 Å². The number of hydrogen-bond acceptors (Lipinski definition) is 1. The van der Waals surface area contributed by atoms with Gasteiger partial charge in [0.25, 0.3) is 0 Å². The van der Waals surface area contributed by atoms with Gasteiger partial charge in [-0.25, -0.2) is 0 Å². The Labute approximate surface area is 71.1 Å². The number of hydrogen-bond donors (Lipinski definition) is 0. The maximum absolute atomic E-state index is 5.01. The lowest BCUT2D eigenvalue weighted by atomic mass is 9.96. The molecule has 0 N–H and O–H groups in total. The fourth-order valence-corrected chi connectivity index (χ4v) is 1.48. The van der Waals surface area contributed by atoms with E-state index in [9.17, 15) is 0 Å². The summed E-state index contributed by atoms with van der Waals surface area (Å²) in [7, 11) is 1.78. The van der Waals surface area contributed by atoms with Gasteiger partial charge < -0.3 is 4.74 Å². The molecule has 0 aromatic rings. The molecule has 0 heterocycles. The normalized spacial score (nSPS) is 13.4. The molecule has 0 aromatic carbocycles. The van der Waals surface area contributed by atoms with Gasteiger partial charge in [-0.3, -0.25) is 0 Å². The first-order valence-electron chi connectivity index (χ1n) is 4.84. The Hall–Kier alpha value is -0.0400. The zero-order chi connectivity index (χ0) is 8.53. The summed E-state index contributed by atoms with van der Waals surface area (Å²) in [6, 6.07) is 0. The molecule has 0 bridgehead atoms. The summed E-state index contributed by atoms with van der Waals surface area (Å²) < 4.78 is 5.01. The first-order valence-corrected chi connectivity index (χ1v) is 4.84. The Morgan fingerprint density at radius 3 is 2.36 bits per heavy atom. The standard InChI is InChI=1S/C10H22O/c1-4-7-10(5-2)8-6-9-11-3/h10H,4-9H2,1-3H3. The van der Waals surface area contributed by atoms with Crippen molar-refractivity contribution >= 4 is 0 Å². The second-order valence-corrected chi connectivity index (χ2v) is 3.20. The van der Waals surface area contributed by atoms with E-state index < -0.39 is 0 Å². The summed E-state index contributed by atoms with van der Waals surface area (Å²) in [5.74, 6) is 0.940. The summed E-state index contributed by atoms with van der Waals surface area (Å²) in [5.41, 5.74) is 0. The molecule has 0 amide bonds. The van der Waals surface area contributed by atoms with Crippen molar-refractivity contribution in [2.45, 2.75) is 46.0 Å². The van der Waals surface area contributed by atoms with Crippen molar-refractivity contribution in [1.29, 1.82) is 0 Å². The molecule has 11 heavy (non-hydrogen) atoms. The van der Waals surface area contributed by atoms with Crippen LogP contribution in [0.1, 0.15) is 46.0 Å². The van der Waals surface area contributed by atoms with E-state index in [4.69, 9.17) is 4.74 Å². The SMILES string of the molecule is CCCC(CC)CCCOC. The van der Waals surface area contributed by atoms with Crippen LogP contribution in [0.15, 0.2) is 0 Å². The lowest BCUT2D eigenvalue weighted by Crippen LogP contribution is -2.00. The zero-order valence-electron chi connectivity index (χ0n) is 8.23. The molecule has 0 saturated heterocycles. The molecule has 0 fully saturated rings. The van der Waals surface area contributed by atoms with Gasteiger partial charge in [-0.2, -0.15) is 0 Å². The third-order valence-corrected chi connectivity index (χ3v) is 2.24. The summed E-state index contributed by atoms with van der Waals surface area (Å²) >= 11 is 0. The van der Waals surface area contributed by atoms with E-state index in [2.05, 4.69) is 13.8 Å². The van der Waals surface area contributed by atoms with Crippen molar-refractivity contribution in [3.05, 3.63) is 0 Å². The highest BCUT2D eigenvalue weighted by Gasteiger charge is 2.03. The Kier molecular flexibility index (Phi) is 8.03. The minimum Gasteiger partial charge on any atom is -0.385 e. The van der Waals surface area contributed by atoms with E-state index in [1.54, 1.807) is 7.11 Å². The van der Waals surface area contributed by atoms with Crippen LogP contribution in [0.25, 0.3) is 0 Å². The molecule has 0 radical (unpaired) electrons. The number of methoxy groups -OCH3 is 1. The molecule has 0 rings (SSSR count). The first-order chi connectivity index (χ1) is 5.35. The Morgan fingerprint density at radius 2 is 1.91 bits per heavy atom. The van der Waals surface area contributed by atoms with Crippen molar-refractivity contribution in [2.24, 2.45) is 5.92 Å². The fraction of sp³-hybridized carbons (Fsp3) is 1.00. The highest BCUT2D eigenvalue weighted by atomic mass is 16.5. The van der Waals surface area contributed by atoms with Crippen LogP contribution in [0.2, 0.25) is 0 Å². The molecule has 0 aliphatic rings. The topological polar surface area (TPSA) is 9.23 Å². The van der Waals surface area contributed by atoms with Crippen LogP contribution in [0.4, 0.5) is 0 Å². The van der Waals surface area contributed by atoms with E-state index in [1.807, 2.05) is 0 Å². The first kappa shape index (κ1) is 11.0. The highest BCUT2D eigenvalue weighted by molar-refractivity contribution is 4.55. The average molecular weight is 158 g/mol. The van der Waals surface area contributed by atoms with Crippen LogP contribution >= 0.6 is 0 Å². The van der Waals surface area contributed by atoms with Gasteiger partial charge in [-0.05, 0) is 18.8 Å². The molecule has 0 aliphatic carbocycles. The third kappa shape index (κ3) is 6.36. The van der Waals surface area contributed by atoms with E-state index in [0.29, 0.717) is 0 Å². The number of rotatable bonds is 7. The molecule has 1 unspecified atom stereocenters. The maximum atomic E-state index is 5.01. The van der Waals surface area contributed by atoms with Crippen molar-refractivity contribution in [1.82, 2.24) is 0 Å². The molecular formula is C10H22O. The zero-order valence-corrected chi connectivity index (χ0v) is 8.23. The molecule has 68 valence electrons.